The number of nitrogens with one attached hydrogen (secondary N) is 4. The van der Waals surface area contributed by atoms with E-state index in [9.17, 15) is 13.2 Å². The monoisotopic (exact) mass is 440 g/mol. The molecule has 0 atom stereocenters. The van der Waals surface area contributed by atoms with Crippen LogP contribution in [0.5, 0.6) is 0 Å². The first-order valence-electron chi connectivity index (χ1n) is 9.00. The summed E-state index contributed by atoms with van der Waals surface area (Å²) in [5.41, 5.74) is 6.89. The number of hydrogen-bond donors (Lipinski definition) is 4. The molecule has 3 aromatic carbocycles. The van der Waals surface area contributed by atoms with Crippen LogP contribution in [0.4, 0.5) is 5.69 Å². The second-order valence-electron chi connectivity index (χ2n) is 6.24. The van der Waals surface area contributed by atoms with Gasteiger partial charge < -0.3 is 5.32 Å². The largest absolute Gasteiger partial charge is 0.357 e. The first-order chi connectivity index (χ1) is 14.4. The van der Waals surface area contributed by atoms with Crippen LogP contribution < -0.4 is 20.9 Å². The quantitative estimate of drug-likeness (QED) is 0.348. The molecule has 0 aliphatic heterocycles. The molecule has 0 aromatic heterocycles. The minimum atomic E-state index is -3.74. The number of hydrazine groups is 1. The average molecular weight is 441 g/mol. The van der Waals surface area contributed by atoms with Gasteiger partial charge in [-0.15, -0.1) is 0 Å². The van der Waals surface area contributed by atoms with Gasteiger partial charge in [0.05, 0.1) is 4.90 Å². The van der Waals surface area contributed by atoms with Crippen molar-refractivity contribution in [3.8, 4) is 0 Å². The molecule has 0 unspecified atom stereocenters. The van der Waals surface area contributed by atoms with E-state index < -0.39 is 15.9 Å². The zero-order valence-electron chi connectivity index (χ0n) is 15.8. The number of sulfonamides is 1. The molecule has 0 radical (unpaired) electrons. The lowest BCUT2D eigenvalue weighted by atomic mass is 10.2. The van der Waals surface area contributed by atoms with Crippen LogP contribution in [0, 0.1) is 0 Å². The first-order valence-corrected chi connectivity index (χ1v) is 10.9. The van der Waals surface area contributed by atoms with Crippen molar-refractivity contribution in [1.29, 1.82) is 0 Å². The highest BCUT2D eigenvalue weighted by molar-refractivity contribution is 7.92. The summed E-state index contributed by atoms with van der Waals surface area (Å²) in [6, 6.07) is 23.8. The molecule has 9 heteroatoms. The molecule has 0 bridgehead atoms. The van der Waals surface area contributed by atoms with Gasteiger partial charge in [-0.25, -0.2) is 8.42 Å². The van der Waals surface area contributed by atoms with Crippen LogP contribution in [0.3, 0.4) is 0 Å². The van der Waals surface area contributed by atoms with Crippen molar-refractivity contribution in [2.75, 3.05) is 4.72 Å². The number of amides is 1. The molecule has 3 aromatic rings. The van der Waals surface area contributed by atoms with Crippen molar-refractivity contribution in [3.05, 3.63) is 96.1 Å². The summed E-state index contributed by atoms with van der Waals surface area (Å²) >= 11 is 5.13. The molecule has 154 valence electrons. The zero-order valence-corrected chi connectivity index (χ0v) is 17.5. The fourth-order valence-electron chi connectivity index (χ4n) is 2.51. The van der Waals surface area contributed by atoms with E-state index in [0.29, 0.717) is 12.2 Å². The summed E-state index contributed by atoms with van der Waals surface area (Å²) in [5, 5.41) is 3.24. The molecule has 4 N–H and O–H groups in total. The van der Waals surface area contributed by atoms with Gasteiger partial charge in [0, 0.05) is 17.8 Å². The van der Waals surface area contributed by atoms with Crippen LogP contribution in [0.25, 0.3) is 0 Å². The second kappa shape index (κ2) is 9.86. The van der Waals surface area contributed by atoms with E-state index in [-0.39, 0.29) is 15.6 Å². The molecule has 0 aliphatic carbocycles. The number of thiocarbonyl (C=S) groups is 1. The molecule has 0 heterocycles. The van der Waals surface area contributed by atoms with E-state index in [4.69, 9.17) is 12.2 Å². The maximum Gasteiger partial charge on any atom is 0.269 e. The smallest absolute Gasteiger partial charge is 0.269 e. The van der Waals surface area contributed by atoms with Crippen LogP contribution in [-0.4, -0.2) is 19.4 Å². The Morgan fingerprint density at radius 3 is 2.03 bits per heavy atom. The molecule has 0 fully saturated rings. The number of para-hydroxylation sites is 1. The van der Waals surface area contributed by atoms with Gasteiger partial charge in [0.15, 0.2) is 5.11 Å². The molecular weight excluding hydrogens is 420 g/mol. The number of hydrogen-bond acceptors (Lipinski definition) is 4. The van der Waals surface area contributed by atoms with E-state index in [1.807, 2.05) is 30.3 Å². The molecule has 0 aliphatic rings. The van der Waals surface area contributed by atoms with Crippen molar-refractivity contribution in [3.63, 3.8) is 0 Å². The Kier molecular flexibility index (Phi) is 6.99. The first kappa shape index (κ1) is 21.3. The number of anilines is 1. The highest BCUT2D eigenvalue weighted by Gasteiger charge is 2.15. The third-order valence-corrected chi connectivity index (χ3v) is 5.68. The van der Waals surface area contributed by atoms with Crippen molar-refractivity contribution in [2.45, 2.75) is 11.4 Å². The Labute approximate surface area is 180 Å². The van der Waals surface area contributed by atoms with Crippen LogP contribution >= 0.6 is 12.2 Å². The number of benzene rings is 3. The van der Waals surface area contributed by atoms with E-state index >= 15 is 0 Å². The average Bonchev–Trinajstić information content (AvgIpc) is 2.77. The van der Waals surface area contributed by atoms with Crippen LogP contribution in [0.1, 0.15) is 15.9 Å². The highest BCUT2D eigenvalue weighted by Crippen LogP contribution is 2.16. The standard InChI is InChI=1S/C21H20N4O3S2/c26-20(23-24-21(29)22-15-16-7-3-1-4-8-16)17-11-13-19(14-12-17)30(27,28)25-18-9-5-2-6-10-18/h1-14,25H,15H2,(H,23,26)(H2,22,24,29). The summed E-state index contributed by atoms with van der Waals surface area (Å²) in [7, 11) is -3.74. The summed E-state index contributed by atoms with van der Waals surface area (Å²) in [4.78, 5) is 12.3. The predicted octanol–water partition coefficient (Wildman–Crippen LogP) is 2.80. The molecule has 0 spiro atoms. The molecule has 30 heavy (non-hydrogen) atoms. The van der Waals surface area contributed by atoms with Gasteiger partial charge in [-0.05, 0) is 54.2 Å². The fraction of sp³-hybridized carbons (Fsp3) is 0.0476. The molecule has 3 rings (SSSR count). The van der Waals surface area contributed by atoms with E-state index in [2.05, 4.69) is 20.9 Å². The lowest BCUT2D eigenvalue weighted by Gasteiger charge is -2.12. The van der Waals surface area contributed by atoms with E-state index in [1.165, 1.54) is 24.3 Å². The summed E-state index contributed by atoms with van der Waals surface area (Å²) < 4.78 is 27.4. The van der Waals surface area contributed by atoms with Gasteiger partial charge in [0.2, 0.25) is 0 Å². The Bertz CT molecular complexity index is 1100. The zero-order chi connectivity index (χ0) is 21.4. The summed E-state index contributed by atoms with van der Waals surface area (Å²) in [5.74, 6) is -0.446. The number of carbonyl (C=O) groups excluding carboxylic acids is 1. The van der Waals surface area contributed by atoms with Crippen molar-refractivity contribution in [1.82, 2.24) is 16.2 Å². The minimum Gasteiger partial charge on any atom is -0.357 e. The lowest BCUT2D eigenvalue weighted by molar-refractivity contribution is 0.0943. The maximum absolute atomic E-state index is 12.4. The number of rotatable bonds is 6. The van der Waals surface area contributed by atoms with E-state index in [0.717, 1.165) is 5.56 Å². The van der Waals surface area contributed by atoms with Gasteiger partial charge in [-0.2, -0.15) is 0 Å². The molecule has 0 saturated carbocycles. The minimum absolute atomic E-state index is 0.0518. The predicted molar refractivity (Wildman–Crippen MR) is 120 cm³/mol. The third kappa shape index (κ3) is 6.03. The Balaban J connectivity index is 1.52. The van der Waals surface area contributed by atoms with Gasteiger partial charge in [0.25, 0.3) is 15.9 Å². The van der Waals surface area contributed by atoms with Gasteiger partial charge >= 0.3 is 0 Å². The second-order valence-corrected chi connectivity index (χ2v) is 8.33. The molecule has 1 amide bonds. The number of carbonyl (C=O) groups is 1. The third-order valence-electron chi connectivity index (χ3n) is 4.04. The normalized spacial score (nSPS) is 10.7. The van der Waals surface area contributed by atoms with Gasteiger partial charge in [0.1, 0.15) is 0 Å². The van der Waals surface area contributed by atoms with E-state index in [1.54, 1.807) is 30.3 Å². The molecule has 7 nitrogen and oxygen atoms in total. The van der Waals surface area contributed by atoms with Crippen molar-refractivity contribution >= 4 is 38.9 Å². The molecular formula is C21H20N4O3S2. The maximum atomic E-state index is 12.4. The lowest BCUT2D eigenvalue weighted by Crippen LogP contribution is -2.46. The van der Waals surface area contributed by atoms with Crippen molar-refractivity contribution < 1.29 is 13.2 Å². The molecule has 0 saturated heterocycles. The van der Waals surface area contributed by atoms with Crippen molar-refractivity contribution in [2.24, 2.45) is 0 Å². The van der Waals surface area contributed by atoms with Crippen LogP contribution in [0.2, 0.25) is 0 Å². The topological polar surface area (TPSA) is 99.3 Å². The SMILES string of the molecule is O=C(NNC(=S)NCc1ccccc1)c1ccc(S(=O)(=O)Nc2ccccc2)cc1. The van der Waals surface area contributed by atoms with Gasteiger partial charge in [-0.3, -0.25) is 20.4 Å². The highest BCUT2D eigenvalue weighted by atomic mass is 32.2. The van der Waals surface area contributed by atoms with Gasteiger partial charge in [-0.1, -0.05) is 48.5 Å². The Morgan fingerprint density at radius 2 is 1.40 bits per heavy atom. The Hall–Kier alpha value is -3.43. The Morgan fingerprint density at radius 1 is 0.800 bits per heavy atom. The van der Waals surface area contributed by atoms with Crippen LogP contribution in [0.15, 0.2) is 89.8 Å². The fourth-order valence-corrected chi connectivity index (χ4v) is 3.70. The summed E-state index contributed by atoms with van der Waals surface area (Å²) in [6.45, 7) is 0.517. The summed E-state index contributed by atoms with van der Waals surface area (Å²) in [6.07, 6.45) is 0. The van der Waals surface area contributed by atoms with Crippen LogP contribution in [-0.2, 0) is 16.6 Å².